The lowest BCUT2D eigenvalue weighted by molar-refractivity contribution is -0.127. The first-order valence-corrected chi connectivity index (χ1v) is 7.61. The average molecular weight is 269 g/mol. The van der Waals surface area contributed by atoms with Gasteiger partial charge in [-0.3, -0.25) is 9.69 Å². The van der Waals surface area contributed by atoms with E-state index in [0.717, 1.165) is 58.3 Å². The SMILES string of the molecule is CC(C(=O)NC1CCCCCC1O)N1CCNCC1. The van der Waals surface area contributed by atoms with Crippen molar-refractivity contribution in [3.8, 4) is 0 Å². The number of carbonyl (C=O) groups excluding carboxylic acids is 1. The van der Waals surface area contributed by atoms with Crippen LogP contribution < -0.4 is 10.6 Å². The van der Waals surface area contributed by atoms with Crippen LogP contribution in [0.1, 0.15) is 39.0 Å². The van der Waals surface area contributed by atoms with Gasteiger partial charge in [0.05, 0.1) is 18.2 Å². The van der Waals surface area contributed by atoms with Gasteiger partial charge in [-0.2, -0.15) is 0 Å². The molecule has 0 bridgehead atoms. The summed E-state index contributed by atoms with van der Waals surface area (Å²) in [5.74, 6) is 0.0628. The van der Waals surface area contributed by atoms with Crippen LogP contribution in [0, 0.1) is 0 Å². The molecule has 5 heteroatoms. The van der Waals surface area contributed by atoms with E-state index in [2.05, 4.69) is 15.5 Å². The Morgan fingerprint density at radius 3 is 2.68 bits per heavy atom. The number of piperazine rings is 1. The van der Waals surface area contributed by atoms with Crippen LogP contribution in [0.25, 0.3) is 0 Å². The summed E-state index contributed by atoms with van der Waals surface area (Å²) in [7, 11) is 0. The predicted molar refractivity (Wildman–Crippen MR) is 74.9 cm³/mol. The molecule has 2 rings (SSSR count). The number of amides is 1. The minimum Gasteiger partial charge on any atom is -0.391 e. The van der Waals surface area contributed by atoms with Gasteiger partial charge in [-0.1, -0.05) is 19.3 Å². The highest BCUT2D eigenvalue weighted by Gasteiger charge is 2.28. The molecule has 1 aliphatic carbocycles. The first-order valence-electron chi connectivity index (χ1n) is 7.61. The maximum absolute atomic E-state index is 12.3. The summed E-state index contributed by atoms with van der Waals surface area (Å²) in [6.07, 6.45) is 4.68. The van der Waals surface area contributed by atoms with Crippen LogP contribution in [0.2, 0.25) is 0 Å². The van der Waals surface area contributed by atoms with Gasteiger partial charge in [0, 0.05) is 26.2 Å². The molecular weight excluding hydrogens is 242 g/mol. The fourth-order valence-electron chi connectivity index (χ4n) is 3.00. The number of hydrogen-bond donors (Lipinski definition) is 3. The summed E-state index contributed by atoms with van der Waals surface area (Å²) in [4.78, 5) is 14.5. The van der Waals surface area contributed by atoms with Gasteiger partial charge in [0.25, 0.3) is 0 Å². The Bertz CT molecular complexity index is 292. The number of nitrogens with zero attached hydrogens (tertiary/aromatic N) is 1. The quantitative estimate of drug-likeness (QED) is 0.635. The van der Waals surface area contributed by atoms with Crippen molar-refractivity contribution >= 4 is 5.91 Å². The number of aliphatic hydroxyl groups excluding tert-OH is 1. The topological polar surface area (TPSA) is 64.6 Å². The fourth-order valence-corrected chi connectivity index (χ4v) is 3.00. The summed E-state index contributed by atoms with van der Waals surface area (Å²) < 4.78 is 0. The lowest BCUT2D eigenvalue weighted by Crippen LogP contribution is -2.55. The van der Waals surface area contributed by atoms with Crippen molar-refractivity contribution in [2.45, 2.75) is 57.2 Å². The Morgan fingerprint density at radius 1 is 1.26 bits per heavy atom. The van der Waals surface area contributed by atoms with E-state index in [1.165, 1.54) is 0 Å². The minimum atomic E-state index is -0.373. The summed E-state index contributed by atoms with van der Waals surface area (Å²) in [6, 6.07) is -0.155. The molecule has 1 aliphatic heterocycles. The minimum absolute atomic E-state index is 0.0552. The second-order valence-corrected chi connectivity index (χ2v) is 5.78. The molecule has 2 aliphatic rings. The maximum Gasteiger partial charge on any atom is 0.237 e. The Morgan fingerprint density at radius 2 is 1.95 bits per heavy atom. The van der Waals surface area contributed by atoms with E-state index in [4.69, 9.17) is 0 Å². The number of aliphatic hydroxyl groups is 1. The number of rotatable bonds is 3. The maximum atomic E-state index is 12.3. The second kappa shape index (κ2) is 7.22. The zero-order chi connectivity index (χ0) is 13.7. The third kappa shape index (κ3) is 4.16. The van der Waals surface area contributed by atoms with E-state index in [-0.39, 0.29) is 24.1 Å². The third-order valence-electron chi connectivity index (χ3n) is 4.39. The first-order chi connectivity index (χ1) is 9.18. The van der Waals surface area contributed by atoms with Gasteiger partial charge in [0.2, 0.25) is 5.91 Å². The van der Waals surface area contributed by atoms with Crippen LogP contribution in [0.15, 0.2) is 0 Å². The molecule has 1 saturated heterocycles. The molecule has 1 saturated carbocycles. The van der Waals surface area contributed by atoms with Gasteiger partial charge in [-0.15, -0.1) is 0 Å². The van der Waals surface area contributed by atoms with Gasteiger partial charge in [-0.05, 0) is 19.8 Å². The van der Waals surface area contributed by atoms with Crippen LogP contribution in [0.5, 0.6) is 0 Å². The summed E-state index contributed by atoms with van der Waals surface area (Å²) in [5.41, 5.74) is 0. The van der Waals surface area contributed by atoms with E-state index in [1.807, 2.05) is 6.92 Å². The van der Waals surface area contributed by atoms with Gasteiger partial charge in [0.1, 0.15) is 0 Å². The second-order valence-electron chi connectivity index (χ2n) is 5.78. The average Bonchev–Trinajstić information content (AvgIpc) is 2.64. The van der Waals surface area contributed by atoms with Crippen molar-refractivity contribution in [2.75, 3.05) is 26.2 Å². The summed E-state index contributed by atoms with van der Waals surface area (Å²) in [6.45, 7) is 5.70. The molecule has 0 aromatic heterocycles. The monoisotopic (exact) mass is 269 g/mol. The van der Waals surface area contributed by atoms with Crippen LogP contribution in [-0.4, -0.2) is 60.3 Å². The standard InChI is InChI=1S/C14H27N3O2/c1-11(17-9-7-15-8-10-17)14(19)16-12-5-3-2-4-6-13(12)18/h11-13,15,18H,2-10H2,1H3,(H,16,19). The van der Waals surface area contributed by atoms with E-state index in [0.29, 0.717) is 0 Å². The Balaban J connectivity index is 1.84. The first kappa shape index (κ1) is 14.8. The molecule has 3 N–H and O–H groups in total. The smallest absolute Gasteiger partial charge is 0.237 e. The van der Waals surface area contributed by atoms with Crippen LogP contribution in [-0.2, 0) is 4.79 Å². The Hall–Kier alpha value is -0.650. The molecule has 1 heterocycles. The molecule has 0 aromatic rings. The molecule has 19 heavy (non-hydrogen) atoms. The van der Waals surface area contributed by atoms with Crippen LogP contribution >= 0.6 is 0 Å². The predicted octanol–water partition coefficient (Wildman–Crippen LogP) is 0.0899. The highest BCUT2D eigenvalue weighted by atomic mass is 16.3. The summed E-state index contributed by atoms with van der Waals surface area (Å²) in [5, 5.41) is 16.4. The molecular formula is C14H27N3O2. The van der Waals surface area contributed by atoms with Crippen molar-refractivity contribution in [3.05, 3.63) is 0 Å². The zero-order valence-corrected chi connectivity index (χ0v) is 11.9. The fraction of sp³-hybridized carbons (Fsp3) is 0.929. The normalized spacial score (nSPS) is 31.5. The molecule has 3 unspecified atom stereocenters. The molecule has 110 valence electrons. The van der Waals surface area contributed by atoms with Crippen molar-refractivity contribution in [2.24, 2.45) is 0 Å². The molecule has 3 atom stereocenters. The van der Waals surface area contributed by atoms with Crippen LogP contribution in [0.3, 0.4) is 0 Å². The van der Waals surface area contributed by atoms with E-state index in [9.17, 15) is 9.90 Å². The Kier molecular flexibility index (Phi) is 5.60. The van der Waals surface area contributed by atoms with Crippen LogP contribution in [0.4, 0.5) is 0 Å². The lowest BCUT2D eigenvalue weighted by Gasteiger charge is -2.33. The lowest BCUT2D eigenvalue weighted by atomic mass is 10.1. The number of hydrogen-bond acceptors (Lipinski definition) is 4. The zero-order valence-electron chi connectivity index (χ0n) is 11.9. The highest BCUT2D eigenvalue weighted by molar-refractivity contribution is 5.81. The van der Waals surface area contributed by atoms with Gasteiger partial charge < -0.3 is 15.7 Å². The van der Waals surface area contributed by atoms with Crippen molar-refractivity contribution in [1.82, 2.24) is 15.5 Å². The Labute approximate surface area is 115 Å². The van der Waals surface area contributed by atoms with Gasteiger partial charge >= 0.3 is 0 Å². The highest BCUT2D eigenvalue weighted by Crippen LogP contribution is 2.18. The van der Waals surface area contributed by atoms with E-state index >= 15 is 0 Å². The van der Waals surface area contributed by atoms with Gasteiger partial charge in [-0.25, -0.2) is 0 Å². The molecule has 0 aromatic carbocycles. The van der Waals surface area contributed by atoms with Crippen molar-refractivity contribution in [1.29, 1.82) is 0 Å². The van der Waals surface area contributed by atoms with E-state index < -0.39 is 0 Å². The van der Waals surface area contributed by atoms with E-state index in [1.54, 1.807) is 0 Å². The van der Waals surface area contributed by atoms with Gasteiger partial charge in [0.15, 0.2) is 0 Å². The molecule has 0 spiro atoms. The third-order valence-corrected chi connectivity index (χ3v) is 4.39. The molecule has 0 radical (unpaired) electrons. The van der Waals surface area contributed by atoms with Crippen molar-refractivity contribution < 1.29 is 9.90 Å². The van der Waals surface area contributed by atoms with Crippen molar-refractivity contribution in [3.63, 3.8) is 0 Å². The molecule has 2 fully saturated rings. The molecule has 5 nitrogen and oxygen atoms in total. The summed E-state index contributed by atoms with van der Waals surface area (Å²) >= 11 is 0. The number of carbonyl (C=O) groups is 1. The largest absolute Gasteiger partial charge is 0.391 e. The molecule has 1 amide bonds. The number of nitrogens with one attached hydrogen (secondary N) is 2.